The summed E-state index contributed by atoms with van der Waals surface area (Å²) in [6.45, 7) is 4.14. The third-order valence-electron chi connectivity index (χ3n) is 2.67. The van der Waals surface area contributed by atoms with Crippen molar-refractivity contribution in [3.63, 3.8) is 0 Å². The number of carbonyl (C=O) groups is 1. The van der Waals surface area contributed by atoms with Crippen LogP contribution in [0.1, 0.15) is 21.5 Å². The first-order valence-electron chi connectivity index (χ1n) is 5.65. The molecule has 18 heavy (non-hydrogen) atoms. The molecule has 3 rings (SSSR count). The minimum Gasteiger partial charge on any atom is -0.478 e. The second-order valence-corrected chi connectivity index (χ2v) is 4.16. The zero-order valence-corrected chi connectivity index (χ0v) is 10.3. The van der Waals surface area contributed by atoms with Crippen LogP contribution in [-0.4, -0.2) is 11.1 Å². The summed E-state index contributed by atoms with van der Waals surface area (Å²) < 4.78 is 5.34. The maximum Gasteiger partial charge on any atom is 0.335 e. The van der Waals surface area contributed by atoms with Crippen LogP contribution in [0.25, 0.3) is 11.2 Å². The molecule has 3 nitrogen and oxygen atoms in total. The lowest BCUT2D eigenvalue weighted by atomic mass is 10.2. The van der Waals surface area contributed by atoms with Crippen LogP contribution in [0.3, 0.4) is 0 Å². The van der Waals surface area contributed by atoms with Crippen molar-refractivity contribution in [3.8, 4) is 0 Å². The second kappa shape index (κ2) is 4.92. The predicted octanol–water partition coefficient (Wildman–Crippen LogP) is 3.87. The fourth-order valence-electron chi connectivity index (χ4n) is 1.83. The smallest absolute Gasteiger partial charge is 0.335 e. The third-order valence-corrected chi connectivity index (χ3v) is 2.67. The summed E-state index contributed by atoms with van der Waals surface area (Å²) in [6.07, 6.45) is 0. The van der Waals surface area contributed by atoms with Crippen molar-refractivity contribution in [2.24, 2.45) is 0 Å². The molecule has 0 spiro atoms. The molecule has 92 valence electrons. The minimum absolute atomic E-state index is 0.331. The van der Waals surface area contributed by atoms with Crippen LogP contribution in [0.4, 0.5) is 0 Å². The number of aryl methyl sites for hydroxylation is 2. The highest BCUT2D eigenvalue weighted by Crippen LogP contribution is 2.25. The highest BCUT2D eigenvalue weighted by atomic mass is 16.4. The van der Waals surface area contributed by atoms with Gasteiger partial charge in [0.25, 0.3) is 0 Å². The first-order valence-corrected chi connectivity index (χ1v) is 5.65. The number of benzene rings is 2. The van der Waals surface area contributed by atoms with Gasteiger partial charge < -0.3 is 9.52 Å². The summed E-state index contributed by atoms with van der Waals surface area (Å²) in [6, 6.07) is 12.4. The third kappa shape index (κ3) is 2.51. The Kier molecular flexibility index (Phi) is 3.33. The first kappa shape index (κ1) is 12.2. The Hall–Kier alpha value is -2.29. The molecule has 0 fully saturated rings. The molecule has 0 unspecified atom stereocenters. The largest absolute Gasteiger partial charge is 0.478 e. The molecule has 0 saturated heterocycles. The van der Waals surface area contributed by atoms with Crippen LogP contribution in [-0.2, 0) is 0 Å². The number of hydrogen-bond acceptors (Lipinski definition) is 2. The van der Waals surface area contributed by atoms with Gasteiger partial charge in [-0.3, -0.25) is 0 Å². The van der Waals surface area contributed by atoms with E-state index in [1.54, 1.807) is 30.3 Å². The van der Waals surface area contributed by atoms with E-state index < -0.39 is 5.97 Å². The molecule has 3 aromatic rings. The Morgan fingerprint density at radius 2 is 1.61 bits per heavy atom. The van der Waals surface area contributed by atoms with E-state index >= 15 is 0 Å². The standard InChI is InChI=1S/C8H8O.C7H6O2/c1-5-3-7-4-6(2)8(5)9-7;8-7(9)6-4-2-1-3-5-6/h3-4H,1-2H3;1-5H,(H,8,9). The molecule has 0 aliphatic rings. The molecule has 1 N–H and O–H groups in total. The lowest BCUT2D eigenvalue weighted by Gasteiger charge is -1.88. The Morgan fingerprint density at radius 3 is 1.89 bits per heavy atom. The van der Waals surface area contributed by atoms with Gasteiger partial charge in [-0.25, -0.2) is 4.79 Å². The van der Waals surface area contributed by atoms with Crippen LogP contribution in [0.15, 0.2) is 46.9 Å². The van der Waals surface area contributed by atoms with Crippen molar-refractivity contribution in [2.45, 2.75) is 13.8 Å². The van der Waals surface area contributed by atoms with Crippen LogP contribution >= 0.6 is 0 Å². The van der Waals surface area contributed by atoms with E-state index in [9.17, 15) is 4.79 Å². The van der Waals surface area contributed by atoms with Gasteiger partial charge in [0.1, 0.15) is 11.2 Å². The Morgan fingerprint density at radius 1 is 1.06 bits per heavy atom. The van der Waals surface area contributed by atoms with E-state index in [0.29, 0.717) is 5.56 Å². The summed E-state index contributed by atoms with van der Waals surface area (Å²) in [4.78, 5) is 10.2. The van der Waals surface area contributed by atoms with Gasteiger partial charge in [-0.15, -0.1) is 0 Å². The van der Waals surface area contributed by atoms with Gasteiger partial charge in [-0.1, -0.05) is 18.2 Å². The molecular formula is C15H14O3. The Balaban J connectivity index is 0.000000134. The van der Waals surface area contributed by atoms with Gasteiger partial charge in [0.2, 0.25) is 0 Å². The van der Waals surface area contributed by atoms with Gasteiger partial charge in [0.15, 0.2) is 0 Å². The number of hydrogen-bond donors (Lipinski definition) is 1. The van der Waals surface area contributed by atoms with Gasteiger partial charge in [0.05, 0.1) is 5.56 Å². The van der Waals surface area contributed by atoms with Crippen molar-refractivity contribution in [1.82, 2.24) is 0 Å². The number of carboxylic acids is 1. The van der Waals surface area contributed by atoms with Crippen molar-refractivity contribution < 1.29 is 14.3 Å². The molecule has 0 saturated carbocycles. The monoisotopic (exact) mass is 242 g/mol. The SMILES string of the molecule is Cc1cc2cc(C)c1o2.O=C(O)c1ccccc1. The molecular weight excluding hydrogens is 228 g/mol. The van der Waals surface area contributed by atoms with Crippen molar-refractivity contribution in [2.75, 3.05) is 0 Å². The van der Waals surface area contributed by atoms with Crippen molar-refractivity contribution in [1.29, 1.82) is 0 Å². The van der Waals surface area contributed by atoms with Gasteiger partial charge in [-0.2, -0.15) is 0 Å². The van der Waals surface area contributed by atoms with Gasteiger partial charge in [0, 0.05) is 0 Å². The number of aromatic carboxylic acids is 1. The highest BCUT2D eigenvalue weighted by Gasteiger charge is 2.05. The normalized spacial score (nSPS) is 10.1. The van der Waals surface area contributed by atoms with E-state index in [4.69, 9.17) is 9.52 Å². The zero-order valence-electron chi connectivity index (χ0n) is 10.3. The summed E-state index contributed by atoms with van der Waals surface area (Å²) >= 11 is 0. The quantitative estimate of drug-likeness (QED) is 0.704. The fraction of sp³-hybridized carbons (Fsp3) is 0.133. The molecule has 2 heterocycles. The molecule has 0 radical (unpaired) electrons. The van der Waals surface area contributed by atoms with E-state index in [1.165, 1.54) is 11.1 Å². The Labute approximate surface area is 105 Å². The fourth-order valence-corrected chi connectivity index (χ4v) is 1.83. The number of carboxylic acid groups (broad SMARTS) is 1. The molecule has 0 amide bonds. The van der Waals surface area contributed by atoms with Crippen molar-refractivity contribution >= 4 is 17.1 Å². The number of fused-ring (bicyclic) bond motifs is 2. The van der Waals surface area contributed by atoms with E-state index in [2.05, 4.69) is 26.0 Å². The molecule has 2 bridgehead atoms. The Bertz CT molecular complexity index is 611. The number of furan rings is 2. The molecule has 0 atom stereocenters. The summed E-state index contributed by atoms with van der Waals surface area (Å²) in [5.74, 6) is -0.879. The maximum absolute atomic E-state index is 10.2. The number of rotatable bonds is 1. The van der Waals surface area contributed by atoms with Gasteiger partial charge in [-0.05, 0) is 49.2 Å². The minimum atomic E-state index is -0.879. The lowest BCUT2D eigenvalue weighted by molar-refractivity contribution is 0.0697. The molecule has 3 heteroatoms. The highest BCUT2D eigenvalue weighted by molar-refractivity contribution is 5.87. The maximum atomic E-state index is 10.2. The lowest BCUT2D eigenvalue weighted by Crippen LogP contribution is -1.93. The van der Waals surface area contributed by atoms with E-state index in [1.807, 2.05) is 0 Å². The van der Waals surface area contributed by atoms with Crippen LogP contribution in [0.2, 0.25) is 0 Å². The van der Waals surface area contributed by atoms with Crippen LogP contribution in [0, 0.1) is 13.8 Å². The predicted molar refractivity (Wildman–Crippen MR) is 70.3 cm³/mol. The summed E-state index contributed by atoms with van der Waals surface area (Å²) in [7, 11) is 0. The average Bonchev–Trinajstić information content (AvgIpc) is 2.88. The summed E-state index contributed by atoms with van der Waals surface area (Å²) in [5, 5.41) is 8.38. The average molecular weight is 242 g/mol. The second-order valence-electron chi connectivity index (χ2n) is 4.16. The molecule has 0 aliphatic heterocycles. The van der Waals surface area contributed by atoms with Crippen LogP contribution in [0.5, 0.6) is 0 Å². The summed E-state index contributed by atoms with van der Waals surface area (Å²) in [5.41, 5.74) is 4.90. The van der Waals surface area contributed by atoms with E-state index in [-0.39, 0.29) is 0 Å². The van der Waals surface area contributed by atoms with Gasteiger partial charge >= 0.3 is 5.97 Å². The molecule has 1 aromatic carbocycles. The topological polar surface area (TPSA) is 50.4 Å². The molecule has 0 aliphatic carbocycles. The van der Waals surface area contributed by atoms with Crippen LogP contribution < -0.4 is 0 Å². The zero-order chi connectivity index (χ0) is 13.1. The first-order chi connectivity index (χ1) is 8.58. The van der Waals surface area contributed by atoms with Crippen molar-refractivity contribution in [3.05, 3.63) is 59.2 Å². The van der Waals surface area contributed by atoms with E-state index in [0.717, 1.165) is 11.2 Å². The molecule has 2 aromatic heterocycles.